The van der Waals surface area contributed by atoms with Gasteiger partial charge in [0.1, 0.15) is 0 Å². The monoisotopic (exact) mass is 203 g/mol. The molecule has 0 spiro atoms. The maximum Gasteiger partial charge on any atom is 0.221 e. The lowest BCUT2D eigenvalue weighted by molar-refractivity contribution is -0.114. The molecule has 64 valence electrons. The standard InChI is InChI=1S/C8H7Cl2NO/c1-5(12)11-8-3-6(9)2-7(10)4-8/h2-4H,1H3,(H,11,12). The summed E-state index contributed by atoms with van der Waals surface area (Å²) in [5.74, 6) is -0.145. The zero-order valence-corrected chi connectivity index (χ0v) is 7.91. The Kier molecular flexibility index (Phi) is 2.95. The van der Waals surface area contributed by atoms with Gasteiger partial charge < -0.3 is 5.32 Å². The van der Waals surface area contributed by atoms with Crippen molar-refractivity contribution in [3.8, 4) is 0 Å². The highest BCUT2D eigenvalue weighted by Gasteiger charge is 1.98. The lowest BCUT2D eigenvalue weighted by Crippen LogP contribution is -2.05. The third-order valence-electron chi connectivity index (χ3n) is 1.18. The van der Waals surface area contributed by atoms with Crippen LogP contribution in [0.3, 0.4) is 0 Å². The SMILES string of the molecule is CC(=O)Nc1cc(Cl)cc(Cl)c1. The Balaban J connectivity index is 2.93. The molecule has 1 aromatic carbocycles. The van der Waals surface area contributed by atoms with Crippen LogP contribution in [0.4, 0.5) is 5.69 Å². The molecule has 0 saturated heterocycles. The number of nitrogens with one attached hydrogen (secondary N) is 1. The average Bonchev–Trinajstić information content (AvgIpc) is 1.81. The average molecular weight is 204 g/mol. The number of carbonyl (C=O) groups is 1. The summed E-state index contributed by atoms with van der Waals surface area (Å²) >= 11 is 11.4. The maximum atomic E-state index is 10.6. The van der Waals surface area contributed by atoms with Crippen molar-refractivity contribution in [3.63, 3.8) is 0 Å². The zero-order valence-electron chi connectivity index (χ0n) is 6.40. The summed E-state index contributed by atoms with van der Waals surface area (Å²) in [4.78, 5) is 10.6. The van der Waals surface area contributed by atoms with Gasteiger partial charge in [-0.05, 0) is 18.2 Å². The van der Waals surface area contributed by atoms with Crippen molar-refractivity contribution >= 4 is 34.8 Å². The van der Waals surface area contributed by atoms with E-state index in [0.29, 0.717) is 15.7 Å². The fraction of sp³-hybridized carbons (Fsp3) is 0.125. The number of anilines is 1. The fourth-order valence-corrected chi connectivity index (χ4v) is 1.36. The lowest BCUT2D eigenvalue weighted by atomic mass is 10.3. The van der Waals surface area contributed by atoms with E-state index in [1.807, 2.05) is 0 Å². The number of carbonyl (C=O) groups excluding carboxylic acids is 1. The Hall–Kier alpha value is -0.730. The summed E-state index contributed by atoms with van der Waals surface area (Å²) in [6.45, 7) is 1.43. The van der Waals surface area contributed by atoms with Crippen LogP contribution in [0, 0.1) is 0 Å². The third-order valence-corrected chi connectivity index (χ3v) is 1.62. The van der Waals surface area contributed by atoms with E-state index in [4.69, 9.17) is 23.2 Å². The van der Waals surface area contributed by atoms with Crippen molar-refractivity contribution in [2.24, 2.45) is 0 Å². The van der Waals surface area contributed by atoms with Crippen LogP contribution in [-0.2, 0) is 4.79 Å². The Labute approximate surface area is 80.5 Å². The zero-order chi connectivity index (χ0) is 9.14. The van der Waals surface area contributed by atoms with E-state index in [1.165, 1.54) is 6.92 Å². The molecule has 1 amide bonds. The Morgan fingerprint density at radius 1 is 1.25 bits per heavy atom. The van der Waals surface area contributed by atoms with Gasteiger partial charge in [0.05, 0.1) is 0 Å². The highest BCUT2D eigenvalue weighted by Crippen LogP contribution is 2.22. The largest absolute Gasteiger partial charge is 0.326 e. The molecule has 2 nitrogen and oxygen atoms in total. The van der Waals surface area contributed by atoms with Gasteiger partial charge in [0.2, 0.25) is 5.91 Å². The van der Waals surface area contributed by atoms with Gasteiger partial charge in [-0.3, -0.25) is 4.79 Å². The minimum Gasteiger partial charge on any atom is -0.326 e. The van der Waals surface area contributed by atoms with Gasteiger partial charge >= 0.3 is 0 Å². The lowest BCUT2D eigenvalue weighted by Gasteiger charge is -2.02. The van der Waals surface area contributed by atoms with E-state index in [9.17, 15) is 4.79 Å². The van der Waals surface area contributed by atoms with Crippen molar-refractivity contribution in [1.82, 2.24) is 0 Å². The number of hydrogen-bond donors (Lipinski definition) is 1. The Bertz CT molecular complexity index is 292. The van der Waals surface area contributed by atoms with E-state index in [-0.39, 0.29) is 5.91 Å². The summed E-state index contributed by atoms with van der Waals surface area (Å²) in [5, 5.41) is 3.59. The highest BCUT2D eigenvalue weighted by atomic mass is 35.5. The number of benzene rings is 1. The highest BCUT2D eigenvalue weighted by molar-refractivity contribution is 6.35. The van der Waals surface area contributed by atoms with Gasteiger partial charge in [0.25, 0.3) is 0 Å². The van der Waals surface area contributed by atoms with E-state index in [0.717, 1.165) is 0 Å². The van der Waals surface area contributed by atoms with E-state index in [2.05, 4.69) is 5.32 Å². The molecule has 12 heavy (non-hydrogen) atoms. The maximum absolute atomic E-state index is 10.6. The van der Waals surface area contributed by atoms with Crippen LogP contribution in [0.1, 0.15) is 6.92 Å². The molecular weight excluding hydrogens is 197 g/mol. The first kappa shape index (κ1) is 9.36. The molecule has 4 heteroatoms. The van der Waals surface area contributed by atoms with Crippen LogP contribution >= 0.6 is 23.2 Å². The molecule has 0 atom stereocenters. The summed E-state index contributed by atoms with van der Waals surface area (Å²) in [6.07, 6.45) is 0. The van der Waals surface area contributed by atoms with E-state index < -0.39 is 0 Å². The van der Waals surface area contributed by atoms with Crippen molar-refractivity contribution < 1.29 is 4.79 Å². The van der Waals surface area contributed by atoms with Crippen LogP contribution in [0.15, 0.2) is 18.2 Å². The molecule has 0 aliphatic heterocycles. The van der Waals surface area contributed by atoms with Crippen molar-refractivity contribution in [2.75, 3.05) is 5.32 Å². The van der Waals surface area contributed by atoms with Crippen LogP contribution < -0.4 is 5.32 Å². The summed E-state index contributed by atoms with van der Waals surface area (Å²) in [6, 6.07) is 4.87. The predicted molar refractivity (Wildman–Crippen MR) is 50.8 cm³/mol. The molecule has 0 radical (unpaired) electrons. The summed E-state index contributed by atoms with van der Waals surface area (Å²) in [7, 11) is 0. The second kappa shape index (κ2) is 3.78. The topological polar surface area (TPSA) is 29.1 Å². The molecule has 1 rings (SSSR count). The molecular formula is C8H7Cl2NO. The molecule has 0 bridgehead atoms. The number of halogens is 2. The van der Waals surface area contributed by atoms with Crippen molar-refractivity contribution in [2.45, 2.75) is 6.92 Å². The molecule has 0 aliphatic rings. The molecule has 0 unspecified atom stereocenters. The Morgan fingerprint density at radius 3 is 2.17 bits per heavy atom. The predicted octanol–water partition coefficient (Wildman–Crippen LogP) is 2.95. The summed E-state index contributed by atoms with van der Waals surface area (Å²) in [5.41, 5.74) is 0.611. The molecule has 0 fully saturated rings. The third kappa shape index (κ3) is 2.72. The van der Waals surface area contributed by atoms with Gasteiger partial charge in [0, 0.05) is 22.7 Å². The second-order valence-corrected chi connectivity index (χ2v) is 3.21. The number of amides is 1. The molecule has 0 aromatic heterocycles. The molecule has 0 saturated carbocycles. The quantitative estimate of drug-likeness (QED) is 0.748. The van der Waals surface area contributed by atoms with Gasteiger partial charge in [-0.15, -0.1) is 0 Å². The van der Waals surface area contributed by atoms with Crippen LogP contribution in [-0.4, -0.2) is 5.91 Å². The molecule has 1 N–H and O–H groups in total. The number of hydrogen-bond acceptors (Lipinski definition) is 1. The fourth-order valence-electron chi connectivity index (χ4n) is 0.829. The normalized spacial score (nSPS) is 9.58. The first-order valence-electron chi connectivity index (χ1n) is 3.31. The van der Waals surface area contributed by atoms with Crippen LogP contribution in [0.25, 0.3) is 0 Å². The minimum absolute atomic E-state index is 0.145. The van der Waals surface area contributed by atoms with Gasteiger partial charge in [0.15, 0.2) is 0 Å². The first-order valence-corrected chi connectivity index (χ1v) is 4.07. The molecule has 0 heterocycles. The van der Waals surface area contributed by atoms with Crippen LogP contribution in [0.2, 0.25) is 10.0 Å². The van der Waals surface area contributed by atoms with Gasteiger partial charge in [-0.2, -0.15) is 0 Å². The van der Waals surface area contributed by atoms with Crippen LogP contribution in [0.5, 0.6) is 0 Å². The molecule has 1 aromatic rings. The molecule has 0 aliphatic carbocycles. The van der Waals surface area contributed by atoms with Gasteiger partial charge in [-0.25, -0.2) is 0 Å². The smallest absolute Gasteiger partial charge is 0.221 e. The minimum atomic E-state index is -0.145. The Morgan fingerprint density at radius 2 is 1.75 bits per heavy atom. The van der Waals surface area contributed by atoms with Crippen molar-refractivity contribution in [3.05, 3.63) is 28.2 Å². The first-order chi connectivity index (χ1) is 5.58. The van der Waals surface area contributed by atoms with Gasteiger partial charge in [-0.1, -0.05) is 23.2 Å². The second-order valence-electron chi connectivity index (χ2n) is 2.34. The van der Waals surface area contributed by atoms with E-state index >= 15 is 0 Å². The van der Waals surface area contributed by atoms with Crippen molar-refractivity contribution in [1.29, 1.82) is 0 Å². The van der Waals surface area contributed by atoms with E-state index in [1.54, 1.807) is 18.2 Å². The summed E-state index contributed by atoms with van der Waals surface area (Å²) < 4.78 is 0. The number of rotatable bonds is 1.